The summed E-state index contributed by atoms with van der Waals surface area (Å²) < 4.78 is 26.7. The monoisotopic (exact) mass is 276 g/mol. The maximum absolute atomic E-state index is 13.6. The van der Waals surface area contributed by atoms with Crippen LogP contribution < -0.4 is 0 Å². The molecular weight excluding hydrogens is 262 g/mol. The lowest BCUT2D eigenvalue weighted by molar-refractivity contribution is 0.0746. The summed E-state index contributed by atoms with van der Waals surface area (Å²) in [7, 11) is 0. The molecule has 5 heteroatoms. The van der Waals surface area contributed by atoms with Crippen LogP contribution in [0.3, 0.4) is 0 Å². The number of carbonyl (C=O) groups excluding carboxylic acids is 1. The molecule has 0 spiro atoms. The van der Waals surface area contributed by atoms with Crippen molar-refractivity contribution >= 4 is 5.91 Å². The Kier molecular flexibility index (Phi) is 4.40. The maximum Gasteiger partial charge on any atom is 0.257 e. The van der Waals surface area contributed by atoms with Gasteiger partial charge >= 0.3 is 0 Å². The highest BCUT2D eigenvalue weighted by molar-refractivity contribution is 5.94. The fourth-order valence-electron chi connectivity index (χ4n) is 1.88. The minimum atomic E-state index is -1.26. The smallest absolute Gasteiger partial charge is 0.257 e. The van der Waals surface area contributed by atoms with Crippen molar-refractivity contribution in [2.75, 3.05) is 6.54 Å². The minimum Gasteiger partial charge on any atom is -0.335 e. The van der Waals surface area contributed by atoms with Gasteiger partial charge in [-0.25, -0.2) is 9.37 Å². The zero-order chi connectivity index (χ0) is 14.5. The predicted molar refractivity (Wildman–Crippen MR) is 71.0 cm³/mol. The number of rotatable bonds is 4. The van der Waals surface area contributed by atoms with Crippen LogP contribution in [0, 0.1) is 11.8 Å². The Balaban J connectivity index is 2.23. The molecule has 1 heterocycles. The Morgan fingerprint density at radius 3 is 2.55 bits per heavy atom. The van der Waals surface area contributed by atoms with E-state index in [-0.39, 0.29) is 5.56 Å². The van der Waals surface area contributed by atoms with Gasteiger partial charge in [-0.1, -0.05) is 30.3 Å². The number of hydrogen-bond acceptors (Lipinski definition) is 2. The Bertz CT molecular complexity index is 602. The fraction of sp³-hybridized carbons (Fsp3) is 0.200. The van der Waals surface area contributed by atoms with Gasteiger partial charge in [-0.05, 0) is 18.6 Å². The van der Waals surface area contributed by atoms with Crippen molar-refractivity contribution in [3.8, 4) is 0 Å². The van der Waals surface area contributed by atoms with Crippen molar-refractivity contribution in [1.82, 2.24) is 9.88 Å². The first kappa shape index (κ1) is 14.1. The van der Waals surface area contributed by atoms with Gasteiger partial charge in [0.05, 0.1) is 5.56 Å². The van der Waals surface area contributed by atoms with Gasteiger partial charge in [-0.15, -0.1) is 0 Å². The van der Waals surface area contributed by atoms with Crippen LogP contribution in [0.4, 0.5) is 8.78 Å². The zero-order valence-electron chi connectivity index (χ0n) is 11.0. The largest absolute Gasteiger partial charge is 0.335 e. The first-order valence-corrected chi connectivity index (χ1v) is 6.26. The van der Waals surface area contributed by atoms with Crippen LogP contribution >= 0.6 is 0 Å². The van der Waals surface area contributed by atoms with E-state index < -0.39 is 17.7 Å². The van der Waals surface area contributed by atoms with E-state index >= 15 is 0 Å². The molecule has 0 N–H and O–H groups in total. The lowest BCUT2D eigenvalue weighted by atomic mass is 10.1. The summed E-state index contributed by atoms with van der Waals surface area (Å²) in [6.07, 6.45) is 1.09. The van der Waals surface area contributed by atoms with E-state index in [1.54, 1.807) is 6.92 Å². The SMILES string of the molecule is CCN(Cc1ccccc1)C(=O)c1ccnc(F)c1F. The zero-order valence-corrected chi connectivity index (χ0v) is 11.0. The third-order valence-corrected chi connectivity index (χ3v) is 2.96. The molecule has 0 unspecified atom stereocenters. The van der Waals surface area contributed by atoms with Crippen molar-refractivity contribution in [2.45, 2.75) is 13.5 Å². The minimum absolute atomic E-state index is 0.296. The standard InChI is InChI=1S/C15H14F2N2O/c1-2-19(10-11-6-4-3-5-7-11)15(20)12-8-9-18-14(17)13(12)16/h3-9H,2,10H2,1H3. The van der Waals surface area contributed by atoms with Crippen LogP contribution in [0.15, 0.2) is 42.6 Å². The number of nitrogens with zero attached hydrogens (tertiary/aromatic N) is 2. The Morgan fingerprint density at radius 2 is 1.90 bits per heavy atom. The van der Waals surface area contributed by atoms with Crippen molar-refractivity contribution in [2.24, 2.45) is 0 Å². The van der Waals surface area contributed by atoms with E-state index in [2.05, 4.69) is 4.98 Å². The normalized spacial score (nSPS) is 10.3. The molecular formula is C15H14F2N2O. The summed E-state index contributed by atoms with van der Waals surface area (Å²) in [5.41, 5.74) is 0.632. The molecule has 0 bridgehead atoms. The van der Waals surface area contributed by atoms with Crippen LogP contribution in [0.2, 0.25) is 0 Å². The molecule has 0 radical (unpaired) electrons. The third-order valence-electron chi connectivity index (χ3n) is 2.96. The molecule has 0 saturated heterocycles. The molecule has 0 aliphatic heterocycles. The number of benzene rings is 1. The van der Waals surface area contributed by atoms with E-state index in [1.807, 2.05) is 30.3 Å². The summed E-state index contributed by atoms with van der Waals surface area (Å²) >= 11 is 0. The third kappa shape index (κ3) is 2.99. The average molecular weight is 276 g/mol. The van der Waals surface area contributed by atoms with Crippen molar-refractivity contribution in [3.05, 3.63) is 65.5 Å². The van der Waals surface area contributed by atoms with Crippen LogP contribution in [0.25, 0.3) is 0 Å². The first-order valence-electron chi connectivity index (χ1n) is 6.26. The highest BCUT2D eigenvalue weighted by atomic mass is 19.2. The molecule has 0 aliphatic rings. The average Bonchev–Trinajstić information content (AvgIpc) is 2.48. The van der Waals surface area contributed by atoms with Gasteiger partial charge in [0.2, 0.25) is 5.95 Å². The van der Waals surface area contributed by atoms with Gasteiger partial charge in [-0.3, -0.25) is 4.79 Å². The van der Waals surface area contributed by atoms with Gasteiger partial charge in [0, 0.05) is 19.3 Å². The van der Waals surface area contributed by atoms with Gasteiger partial charge in [0.15, 0.2) is 5.82 Å². The quantitative estimate of drug-likeness (QED) is 0.804. The van der Waals surface area contributed by atoms with Gasteiger partial charge in [0.25, 0.3) is 5.91 Å². The van der Waals surface area contributed by atoms with Crippen molar-refractivity contribution in [3.63, 3.8) is 0 Å². The lowest BCUT2D eigenvalue weighted by Gasteiger charge is -2.21. The molecule has 20 heavy (non-hydrogen) atoms. The molecule has 0 aliphatic carbocycles. The van der Waals surface area contributed by atoms with E-state index in [0.717, 1.165) is 11.8 Å². The summed E-state index contributed by atoms with van der Waals surface area (Å²) in [6.45, 7) is 2.53. The molecule has 3 nitrogen and oxygen atoms in total. The first-order chi connectivity index (χ1) is 9.63. The number of carbonyl (C=O) groups is 1. The topological polar surface area (TPSA) is 33.2 Å². The second-order valence-electron chi connectivity index (χ2n) is 4.27. The van der Waals surface area contributed by atoms with Gasteiger partial charge in [0.1, 0.15) is 0 Å². The molecule has 1 amide bonds. The number of amides is 1. The molecule has 2 rings (SSSR count). The second-order valence-corrected chi connectivity index (χ2v) is 4.27. The second kappa shape index (κ2) is 6.23. The summed E-state index contributed by atoms with van der Waals surface area (Å²) in [6, 6.07) is 10.5. The van der Waals surface area contributed by atoms with E-state index in [4.69, 9.17) is 0 Å². The highest BCUT2D eigenvalue weighted by Crippen LogP contribution is 2.14. The molecule has 0 fully saturated rings. The van der Waals surface area contributed by atoms with E-state index in [9.17, 15) is 13.6 Å². The van der Waals surface area contributed by atoms with Crippen LogP contribution in [0.1, 0.15) is 22.8 Å². The molecule has 2 aromatic rings. The summed E-state index contributed by atoms with van der Waals surface area (Å²) in [5.74, 6) is -3.01. The number of pyridine rings is 1. The number of hydrogen-bond donors (Lipinski definition) is 0. The van der Waals surface area contributed by atoms with Crippen molar-refractivity contribution < 1.29 is 13.6 Å². The Labute approximate surface area is 115 Å². The molecule has 1 aromatic carbocycles. The Morgan fingerprint density at radius 1 is 1.20 bits per heavy atom. The lowest BCUT2D eigenvalue weighted by Crippen LogP contribution is -2.31. The number of aromatic nitrogens is 1. The molecule has 1 aromatic heterocycles. The van der Waals surface area contributed by atoms with Gasteiger partial charge in [-0.2, -0.15) is 4.39 Å². The molecule has 104 valence electrons. The predicted octanol–water partition coefficient (Wildman–Crippen LogP) is 3.02. The summed E-state index contributed by atoms with van der Waals surface area (Å²) in [4.78, 5) is 16.9. The summed E-state index contributed by atoms with van der Waals surface area (Å²) in [5, 5.41) is 0. The molecule has 0 atom stereocenters. The van der Waals surface area contributed by atoms with Crippen molar-refractivity contribution in [1.29, 1.82) is 0 Å². The van der Waals surface area contributed by atoms with Crippen LogP contribution in [-0.2, 0) is 6.54 Å². The fourth-order valence-corrected chi connectivity index (χ4v) is 1.88. The van der Waals surface area contributed by atoms with Crippen LogP contribution in [-0.4, -0.2) is 22.3 Å². The number of halogens is 2. The highest BCUT2D eigenvalue weighted by Gasteiger charge is 2.20. The van der Waals surface area contributed by atoms with Gasteiger partial charge < -0.3 is 4.90 Å². The Hall–Kier alpha value is -2.30. The van der Waals surface area contributed by atoms with E-state index in [1.165, 1.54) is 11.0 Å². The van der Waals surface area contributed by atoms with E-state index in [0.29, 0.717) is 13.1 Å². The van der Waals surface area contributed by atoms with Crippen LogP contribution in [0.5, 0.6) is 0 Å². The molecule has 0 saturated carbocycles. The maximum atomic E-state index is 13.6.